The summed E-state index contributed by atoms with van der Waals surface area (Å²) in [5.74, 6) is -0.637. The van der Waals surface area contributed by atoms with Crippen LogP contribution in [0.25, 0.3) is 0 Å². The second-order valence-electron chi connectivity index (χ2n) is 5.39. The summed E-state index contributed by atoms with van der Waals surface area (Å²) in [6, 6.07) is 7.00. The minimum absolute atomic E-state index is 0.00284. The number of hydrogen-bond donors (Lipinski definition) is 1. The topological polar surface area (TPSA) is 79.0 Å². The van der Waals surface area contributed by atoms with Crippen LogP contribution in [0.3, 0.4) is 0 Å². The second-order valence-corrected chi connectivity index (χ2v) is 6.31. The number of piperazine rings is 1. The molecule has 0 bridgehead atoms. The van der Waals surface area contributed by atoms with Gasteiger partial charge >= 0.3 is 0 Å². The molecule has 7 nitrogen and oxygen atoms in total. The monoisotopic (exact) mass is 397 g/mol. The highest BCUT2D eigenvalue weighted by molar-refractivity contribution is 9.10. The minimum atomic E-state index is -0.229. The number of hydrogen-bond acceptors (Lipinski definition) is 4. The first-order valence-corrected chi connectivity index (χ1v) is 8.39. The van der Waals surface area contributed by atoms with E-state index in [0.717, 1.165) is 4.47 Å². The highest BCUT2D eigenvalue weighted by atomic mass is 79.9. The Morgan fingerprint density at radius 2 is 1.96 bits per heavy atom. The van der Waals surface area contributed by atoms with Gasteiger partial charge in [-0.3, -0.25) is 14.4 Å². The number of halogens is 1. The van der Waals surface area contributed by atoms with Crippen LogP contribution in [0.5, 0.6) is 0 Å². The Labute approximate surface area is 149 Å². The smallest absolute Gasteiger partial charge is 0.254 e. The summed E-state index contributed by atoms with van der Waals surface area (Å²) in [4.78, 5) is 39.3. The van der Waals surface area contributed by atoms with Gasteiger partial charge in [0.2, 0.25) is 11.8 Å². The van der Waals surface area contributed by atoms with Crippen molar-refractivity contribution < 1.29 is 19.1 Å². The normalized spacial score (nSPS) is 14.7. The van der Waals surface area contributed by atoms with Gasteiger partial charge in [0.05, 0.1) is 13.2 Å². The van der Waals surface area contributed by atoms with Crippen LogP contribution >= 0.6 is 15.9 Å². The number of benzene rings is 1. The van der Waals surface area contributed by atoms with Gasteiger partial charge in [-0.15, -0.1) is 0 Å². The SMILES string of the molecule is COCCNC(=O)CN1CCN(C(=O)c2ccc(Br)cc2)CC1=O. The first-order valence-electron chi connectivity index (χ1n) is 7.59. The van der Waals surface area contributed by atoms with E-state index in [4.69, 9.17) is 4.74 Å². The Morgan fingerprint density at radius 1 is 1.25 bits per heavy atom. The van der Waals surface area contributed by atoms with E-state index >= 15 is 0 Å². The zero-order valence-electron chi connectivity index (χ0n) is 13.5. The van der Waals surface area contributed by atoms with Crippen LogP contribution in [0.1, 0.15) is 10.4 Å². The molecule has 0 aliphatic carbocycles. The average Bonchev–Trinajstić information content (AvgIpc) is 2.57. The van der Waals surface area contributed by atoms with Gasteiger partial charge in [0.15, 0.2) is 0 Å². The second kappa shape index (κ2) is 8.79. The standard InChI is InChI=1S/C16H20BrN3O4/c1-24-9-6-18-14(21)10-19-7-8-20(11-15(19)22)16(23)12-2-4-13(17)5-3-12/h2-5H,6-11H2,1H3,(H,18,21). The van der Waals surface area contributed by atoms with E-state index in [1.165, 1.54) is 9.80 Å². The van der Waals surface area contributed by atoms with Crippen molar-refractivity contribution in [2.24, 2.45) is 0 Å². The van der Waals surface area contributed by atoms with E-state index in [-0.39, 0.29) is 30.8 Å². The average molecular weight is 398 g/mol. The van der Waals surface area contributed by atoms with E-state index in [1.807, 2.05) is 0 Å². The van der Waals surface area contributed by atoms with E-state index in [9.17, 15) is 14.4 Å². The fraction of sp³-hybridized carbons (Fsp3) is 0.438. The first kappa shape index (κ1) is 18.4. The van der Waals surface area contributed by atoms with E-state index in [0.29, 0.717) is 31.8 Å². The molecule has 2 rings (SSSR count). The molecule has 0 aromatic heterocycles. The zero-order chi connectivity index (χ0) is 17.5. The molecule has 8 heteroatoms. The van der Waals surface area contributed by atoms with Gasteiger partial charge in [-0.25, -0.2) is 0 Å². The summed E-state index contributed by atoms with van der Waals surface area (Å²) in [5.41, 5.74) is 0.539. The summed E-state index contributed by atoms with van der Waals surface area (Å²) in [6.07, 6.45) is 0. The molecule has 1 aromatic carbocycles. The summed E-state index contributed by atoms with van der Waals surface area (Å²) < 4.78 is 5.74. The number of carbonyl (C=O) groups excluding carboxylic acids is 3. The Morgan fingerprint density at radius 3 is 2.58 bits per heavy atom. The van der Waals surface area contributed by atoms with Crippen LogP contribution in [-0.2, 0) is 14.3 Å². The number of methoxy groups -OCH3 is 1. The summed E-state index contributed by atoms with van der Waals surface area (Å²) in [5, 5.41) is 2.67. The molecule has 1 aliphatic rings. The number of amides is 3. The van der Waals surface area contributed by atoms with E-state index < -0.39 is 0 Å². The van der Waals surface area contributed by atoms with Crippen molar-refractivity contribution in [3.05, 3.63) is 34.3 Å². The lowest BCUT2D eigenvalue weighted by Crippen LogP contribution is -2.54. The Kier molecular flexibility index (Phi) is 6.74. The fourth-order valence-electron chi connectivity index (χ4n) is 2.35. The number of ether oxygens (including phenoxy) is 1. The number of nitrogens with zero attached hydrogens (tertiary/aromatic N) is 2. The molecule has 1 N–H and O–H groups in total. The van der Waals surface area contributed by atoms with Crippen LogP contribution in [0.2, 0.25) is 0 Å². The van der Waals surface area contributed by atoms with Gasteiger partial charge in [-0.05, 0) is 24.3 Å². The van der Waals surface area contributed by atoms with Gasteiger partial charge in [0.1, 0.15) is 6.54 Å². The summed E-state index contributed by atoms with van der Waals surface area (Å²) in [7, 11) is 1.55. The molecule has 1 aliphatic heterocycles. The summed E-state index contributed by atoms with van der Waals surface area (Å²) >= 11 is 3.32. The molecular weight excluding hydrogens is 378 g/mol. The third-order valence-corrected chi connectivity index (χ3v) is 4.19. The summed E-state index contributed by atoms with van der Waals surface area (Å²) in [6.45, 7) is 1.58. The molecule has 1 heterocycles. The maximum Gasteiger partial charge on any atom is 0.254 e. The van der Waals surface area contributed by atoms with E-state index in [1.54, 1.807) is 31.4 Å². The van der Waals surface area contributed by atoms with Crippen molar-refractivity contribution in [3.8, 4) is 0 Å². The largest absolute Gasteiger partial charge is 0.383 e. The lowest BCUT2D eigenvalue weighted by Gasteiger charge is -2.34. The van der Waals surface area contributed by atoms with Crippen LogP contribution < -0.4 is 5.32 Å². The van der Waals surface area contributed by atoms with Crippen molar-refractivity contribution in [1.82, 2.24) is 15.1 Å². The van der Waals surface area contributed by atoms with Crippen molar-refractivity contribution in [1.29, 1.82) is 0 Å². The Hall–Kier alpha value is -1.93. The highest BCUT2D eigenvalue weighted by Gasteiger charge is 2.28. The highest BCUT2D eigenvalue weighted by Crippen LogP contribution is 2.14. The Bertz CT molecular complexity index is 606. The maximum absolute atomic E-state index is 12.4. The zero-order valence-corrected chi connectivity index (χ0v) is 15.0. The predicted octanol–water partition coefficient (Wildman–Crippen LogP) is 0.496. The molecule has 0 saturated carbocycles. The third-order valence-electron chi connectivity index (χ3n) is 3.66. The maximum atomic E-state index is 12.4. The molecule has 0 spiro atoms. The molecule has 1 saturated heterocycles. The van der Waals surface area contributed by atoms with Crippen LogP contribution in [0.15, 0.2) is 28.7 Å². The molecule has 1 aromatic rings. The minimum Gasteiger partial charge on any atom is -0.383 e. The first-order chi connectivity index (χ1) is 11.5. The van der Waals surface area contributed by atoms with Crippen molar-refractivity contribution in [2.75, 3.05) is 46.4 Å². The number of nitrogens with one attached hydrogen (secondary N) is 1. The van der Waals surface area contributed by atoms with Crippen molar-refractivity contribution in [2.45, 2.75) is 0 Å². The number of rotatable bonds is 6. The molecular formula is C16H20BrN3O4. The van der Waals surface area contributed by atoms with Gasteiger partial charge in [-0.2, -0.15) is 0 Å². The molecule has 0 unspecified atom stereocenters. The van der Waals surface area contributed by atoms with Gasteiger partial charge in [-0.1, -0.05) is 15.9 Å². The van der Waals surface area contributed by atoms with Crippen LogP contribution in [0, 0.1) is 0 Å². The lowest BCUT2D eigenvalue weighted by molar-refractivity contribution is -0.139. The molecule has 24 heavy (non-hydrogen) atoms. The lowest BCUT2D eigenvalue weighted by atomic mass is 10.2. The van der Waals surface area contributed by atoms with Crippen molar-refractivity contribution in [3.63, 3.8) is 0 Å². The molecule has 1 fully saturated rings. The van der Waals surface area contributed by atoms with E-state index in [2.05, 4.69) is 21.2 Å². The predicted molar refractivity (Wildman–Crippen MR) is 91.5 cm³/mol. The van der Waals surface area contributed by atoms with Gasteiger partial charge < -0.3 is 19.9 Å². The Balaban J connectivity index is 1.86. The van der Waals surface area contributed by atoms with Crippen molar-refractivity contribution >= 4 is 33.7 Å². The van der Waals surface area contributed by atoms with Crippen LogP contribution in [0.4, 0.5) is 0 Å². The molecule has 130 valence electrons. The molecule has 0 atom stereocenters. The molecule has 3 amide bonds. The molecule has 0 radical (unpaired) electrons. The van der Waals surface area contributed by atoms with Crippen LogP contribution in [-0.4, -0.2) is 74.0 Å². The third kappa shape index (κ3) is 5.04. The quantitative estimate of drug-likeness (QED) is 0.708. The van der Waals surface area contributed by atoms with Gasteiger partial charge in [0.25, 0.3) is 5.91 Å². The number of carbonyl (C=O) groups is 3. The van der Waals surface area contributed by atoms with Gasteiger partial charge in [0, 0.05) is 36.8 Å². The fourth-order valence-corrected chi connectivity index (χ4v) is 2.61.